The van der Waals surface area contributed by atoms with Crippen LogP contribution < -0.4 is 10.1 Å². The molecule has 0 saturated carbocycles. The van der Waals surface area contributed by atoms with Crippen LogP contribution >= 0.6 is 0 Å². The van der Waals surface area contributed by atoms with Crippen molar-refractivity contribution in [3.63, 3.8) is 0 Å². The van der Waals surface area contributed by atoms with Gasteiger partial charge in [0.1, 0.15) is 0 Å². The van der Waals surface area contributed by atoms with E-state index in [1.165, 1.54) is 12.7 Å². The first-order chi connectivity index (χ1) is 10.2. The average molecular weight is 287 g/mol. The van der Waals surface area contributed by atoms with Gasteiger partial charge in [0.05, 0.1) is 7.11 Å². The van der Waals surface area contributed by atoms with Crippen LogP contribution in [0.4, 0.5) is 4.39 Å². The number of ether oxygens (including phenoxy) is 1. The minimum Gasteiger partial charge on any atom is -0.494 e. The molecule has 1 atom stereocenters. The quantitative estimate of drug-likeness (QED) is 0.840. The Labute approximate surface area is 126 Å². The highest BCUT2D eigenvalue weighted by Gasteiger charge is 2.13. The molecule has 0 aliphatic heterocycles. The Morgan fingerprint density at radius 3 is 2.52 bits per heavy atom. The summed E-state index contributed by atoms with van der Waals surface area (Å²) in [6, 6.07) is 15.9. The van der Waals surface area contributed by atoms with Crippen LogP contribution in [0.5, 0.6) is 5.75 Å². The SMILES string of the molecule is CNC(CCc1ccccc1)Cc1cccc(OC)c1F. The highest BCUT2D eigenvalue weighted by atomic mass is 19.1. The zero-order chi connectivity index (χ0) is 15.1. The molecule has 1 unspecified atom stereocenters. The molecule has 0 fully saturated rings. The molecule has 0 amide bonds. The van der Waals surface area contributed by atoms with Gasteiger partial charge >= 0.3 is 0 Å². The summed E-state index contributed by atoms with van der Waals surface area (Å²) in [6.45, 7) is 0. The van der Waals surface area contributed by atoms with Crippen LogP contribution in [0.2, 0.25) is 0 Å². The Morgan fingerprint density at radius 1 is 1.10 bits per heavy atom. The van der Waals surface area contributed by atoms with Crippen molar-refractivity contribution < 1.29 is 9.13 Å². The predicted octanol–water partition coefficient (Wildman–Crippen LogP) is 3.60. The maximum atomic E-state index is 14.2. The van der Waals surface area contributed by atoms with Crippen molar-refractivity contribution in [3.8, 4) is 5.75 Å². The molecular formula is C18H22FNO. The van der Waals surface area contributed by atoms with Gasteiger partial charge in [-0.15, -0.1) is 0 Å². The van der Waals surface area contributed by atoms with Crippen LogP contribution in [0.15, 0.2) is 48.5 Å². The van der Waals surface area contributed by atoms with Gasteiger partial charge in [-0.05, 0) is 43.5 Å². The lowest BCUT2D eigenvalue weighted by Crippen LogP contribution is -2.28. The van der Waals surface area contributed by atoms with E-state index in [2.05, 4.69) is 17.4 Å². The number of halogens is 1. The van der Waals surface area contributed by atoms with Gasteiger partial charge < -0.3 is 10.1 Å². The minimum atomic E-state index is -0.250. The topological polar surface area (TPSA) is 21.3 Å². The molecule has 21 heavy (non-hydrogen) atoms. The maximum Gasteiger partial charge on any atom is 0.168 e. The van der Waals surface area contributed by atoms with Crippen molar-refractivity contribution in [3.05, 3.63) is 65.5 Å². The zero-order valence-electron chi connectivity index (χ0n) is 12.6. The van der Waals surface area contributed by atoms with Gasteiger partial charge in [0.15, 0.2) is 11.6 Å². The fourth-order valence-corrected chi connectivity index (χ4v) is 2.47. The first-order valence-corrected chi connectivity index (χ1v) is 7.27. The molecule has 2 aromatic carbocycles. The molecule has 0 aliphatic rings. The molecule has 0 aliphatic carbocycles. The number of hydrogen-bond acceptors (Lipinski definition) is 2. The fraction of sp³-hybridized carbons (Fsp3) is 0.333. The average Bonchev–Trinajstić information content (AvgIpc) is 2.54. The predicted molar refractivity (Wildman–Crippen MR) is 84.3 cm³/mol. The standard InChI is InChI=1S/C18H22FNO/c1-20-16(12-11-14-7-4-3-5-8-14)13-15-9-6-10-17(21-2)18(15)19/h3-10,16,20H,11-13H2,1-2H3. The van der Waals surface area contributed by atoms with Gasteiger partial charge in [0.2, 0.25) is 0 Å². The second-order valence-corrected chi connectivity index (χ2v) is 5.15. The number of rotatable bonds is 7. The first-order valence-electron chi connectivity index (χ1n) is 7.27. The third kappa shape index (κ3) is 4.30. The van der Waals surface area contributed by atoms with E-state index in [1.807, 2.05) is 37.4 Å². The highest BCUT2D eigenvalue weighted by Crippen LogP contribution is 2.21. The van der Waals surface area contributed by atoms with Crippen LogP contribution in [0.1, 0.15) is 17.5 Å². The van der Waals surface area contributed by atoms with Crippen LogP contribution in [0.3, 0.4) is 0 Å². The molecule has 112 valence electrons. The molecule has 2 nitrogen and oxygen atoms in total. The molecule has 0 bridgehead atoms. The largest absolute Gasteiger partial charge is 0.494 e. The number of methoxy groups -OCH3 is 1. The summed E-state index contributed by atoms with van der Waals surface area (Å²) in [4.78, 5) is 0. The smallest absolute Gasteiger partial charge is 0.168 e. The van der Waals surface area contributed by atoms with Gasteiger partial charge in [0.25, 0.3) is 0 Å². The molecule has 3 heteroatoms. The molecule has 0 spiro atoms. The summed E-state index contributed by atoms with van der Waals surface area (Å²) in [5.41, 5.74) is 2.01. The molecule has 0 saturated heterocycles. The third-order valence-corrected chi connectivity index (χ3v) is 3.76. The lowest BCUT2D eigenvalue weighted by atomic mass is 9.98. The Kier molecular flexibility index (Phi) is 5.76. The van der Waals surface area contributed by atoms with Crippen molar-refractivity contribution in [1.29, 1.82) is 0 Å². The molecule has 0 radical (unpaired) electrons. The van der Waals surface area contributed by atoms with Crippen LogP contribution in [-0.4, -0.2) is 20.2 Å². The van der Waals surface area contributed by atoms with Crippen molar-refractivity contribution >= 4 is 0 Å². The van der Waals surface area contributed by atoms with Gasteiger partial charge in [-0.1, -0.05) is 42.5 Å². The van der Waals surface area contributed by atoms with Crippen LogP contribution in [0, 0.1) is 5.82 Å². The number of nitrogens with one attached hydrogen (secondary N) is 1. The summed E-state index contributed by atoms with van der Waals surface area (Å²) < 4.78 is 19.2. The molecular weight excluding hydrogens is 265 g/mol. The molecule has 2 rings (SSSR count). The Bertz CT molecular complexity index is 556. The second kappa shape index (κ2) is 7.79. The third-order valence-electron chi connectivity index (χ3n) is 3.76. The van der Waals surface area contributed by atoms with E-state index in [0.717, 1.165) is 12.8 Å². The van der Waals surface area contributed by atoms with Gasteiger partial charge in [0, 0.05) is 6.04 Å². The Hall–Kier alpha value is -1.87. The zero-order valence-corrected chi connectivity index (χ0v) is 12.6. The van der Waals surface area contributed by atoms with E-state index < -0.39 is 0 Å². The summed E-state index contributed by atoms with van der Waals surface area (Å²) in [7, 11) is 3.42. The summed E-state index contributed by atoms with van der Waals surface area (Å²) in [5, 5.41) is 3.28. The van der Waals surface area contributed by atoms with Gasteiger partial charge in [-0.25, -0.2) is 4.39 Å². The maximum absolute atomic E-state index is 14.2. The van der Waals surface area contributed by atoms with Crippen molar-refractivity contribution in [2.45, 2.75) is 25.3 Å². The van der Waals surface area contributed by atoms with E-state index in [-0.39, 0.29) is 11.9 Å². The summed E-state index contributed by atoms with van der Waals surface area (Å²) >= 11 is 0. The lowest BCUT2D eigenvalue weighted by Gasteiger charge is -2.17. The Morgan fingerprint density at radius 2 is 1.86 bits per heavy atom. The Balaban J connectivity index is 1.99. The highest BCUT2D eigenvalue weighted by molar-refractivity contribution is 5.31. The monoisotopic (exact) mass is 287 g/mol. The summed E-state index contributed by atoms with van der Waals surface area (Å²) in [6.07, 6.45) is 2.61. The molecule has 0 aromatic heterocycles. The van der Waals surface area contributed by atoms with E-state index in [0.29, 0.717) is 17.7 Å². The van der Waals surface area contributed by atoms with Crippen LogP contribution in [0.25, 0.3) is 0 Å². The van der Waals surface area contributed by atoms with Crippen molar-refractivity contribution in [2.75, 3.05) is 14.2 Å². The van der Waals surface area contributed by atoms with Crippen LogP contribution in [-0.2, 0) is 12.8 Å². The van der Waals surface area contributed by atoms with Gasteiger partial charge in [-0.2, -0.15) is 0 Å². The first kappa shape index (κ1) is 15.5. The normalized spacial score (nSPS) is 12.1. The molecule has 1 N–H and O–H groups in total. The van der Waals surface area contributed by atoms with E-state index in [9.17, 15) is 4.39 Å². The van der Waals surface area contributed by atoms with E-state index in [4.69, 9.17) is 4.74 Å². The van der Waals surface area contributed by atoms with E-state index >= 15 is 0 Å². The number of aryl methyl sites for hydroxylation is 1. The fourth-order valence-electron chi connectivity index (χ4n) is 2.47. The molecule has 0 heterocycles. The number of likely N-dealkylation sites (N-methyl/N-ethyl adjacent to an activating group) is 1. The van der Waals surface area contributed by atoms with Crippen molar-refractivity contribution in [2.24, 2.45) is 0 Å². The minimum absolute atomic E-state index is 0.242. The van der Waals surface area contributed by atoms with E-state index in [1.54, 1.807) is 6.07 Å². The van der Waals surface area contributed by atoms with Gasteiger partial charge in [-0.3, -0.25) is 0 Å². The number of hydrogen-bond donors (Lipinski definition) is 1. The lowest BCUT2D eigenvalue weighted by molar-refractivity contribution is 0.382. The molecule has 2 aromatic rings. The van der Waals surface area contributed by atoms with Crippen molar-refractivity contribution in [1.82, 2.24) is 5.32 Å². The summed E-state index contributed by atoms with van der Waals surface area (Å²) in [5.74, 6) is 0.0605. The second-order valence-electron chi connectivity index (χ2n) is 5.15. The number of benzene rings is 2.